The van der Waals surface area contributed by atoms with Gasteiger partial charge in [-0.2, -0.15) is 0 Å². The van der Waals surface area contributed by atoms with E-state index in [-0.39, 0.29) is 17.9 Å². The lowest BCUT2D eigenvalue weighted by molar-refractivity contribution is 0.0920. The fourth-order valence-corrected chi connectivity index (χ4v) is 4.26. The fourth-order valence-electron chi connectivity index (χ4n) is 4.26. The van der Waals surface area contributed by atoms with Crippen LogP contribution in [0, 0.1) is 5.92 Å². The van der Waals surface area contributed by atoms with Gasteiger partial charge in [0.05, 0.1) is 20.8 Å². The molecule has 2 atom stereocenters. The number of carbonyl (C=O) groups is 1. The van der Waals surface area contributed by atoms with E-state index in [9.17, 15) is 4.79 Å². The molecule has 0 spiro atoms. The van der Waals surface area contributed by atoms with Gasteiger partial charge in [-0.05, 0) is 67.5 Å². The van der Waals surface area contributed by atoms with Gasteiger partial charge in [0.1, 0.15) is 5.75 Å². The van der Waals surface area contributed by atoms with Crippen LogP contribution in [0.4, 0.5) is 0 Å². The maximum atomic E-state index is 13.0. The van der Waals surface area contributed by atoms with Crippen molar-refractivity contribution in [3.8, 4) is 17.2 Å². The summed E-state index contributed by atoms with van der Waals surface area (Å²) < 4.78 is 16.7. The zero-order valence-corrected chi connectivity index (χ0v) is 17.9. The third-order valence-electron chi connectivity index (χ3n) is 6.20. The van der Waals surface area contributed by atoms with Crippen LogP contribution in [0.25, 0.3) is 0 Å². The van der Waals surface area contributed by atoms with Gasteiger partial charge in [-0.15, -0.1) is 0 Å². The number of ether oxygens (including phenoxy) is 3. The molecular formula is C25H31NO4. The molecule has 2 saturated carbocycles. The Balaban J connectivity index is 1.46. The van der Waals surface area contributed by atoms with Crippen molar-refractivity contribution in [2.75, 3.05) is 20.8 Å². The van der Waals surface area contributed by atoms with Crippen LogP contribution in [0.1, 0.15) is 60.4 Å². The SMILES string of the molecule is COc1ccc(C2CCCCC2NC(=O)c2cccc(OCC3CC3)c2)cc1OC. The third-order valence-corrected chi connectivity index (χ3v) is 6.20. The van der Waals surface area contributed by atoms with Crippen LogP contribution >= 0.6 is 0 Å². The molecule has 0 radical (unpaired) electrons. The molecule has 0 saturated heterocycles. The molecule has 0 aliphatic heterocycles. The quantitative estimate of drug-likeness (QED) is 0.670. The molecule has 0 bridgehead atoms. The summed E-state index contributed by atoms with van der Waals surface area (Å²) in [6.07, 6.45) is 6.81. The Morgan fingerprint density at radius 2 is 1.77 bits per heavy atom. The lowest BCUT2D eigenvalue weighted by Crippen LogP contribution is -2.41. The topological polar surface area (TPSA) is 56.8 Å². The Morgan fingerprint density at radius 1 is 0.967 bits per heavy atom. The average molecular weight is 410 g/mol. The van der Waals surface area contributed by atoms with Crippen molar-refractivity contribution in [1.82, 2.24) is 5.32 Å². The maximum absolute atomic E-state index is 13.0. The second-order valence-electron chi connectivity index (χ2n) is 8.37. The van der Waals surface area contributed by atoms with Crippen molar-refractivity contribution in [1.29, 1.82) is 0 Å². The molecular weight excluding hydrogens is 378 g/mol. The molecule has 2 fully saturated rings. The smallest absolute Gasteiger partial charge is 0.251 e. The monoisotopic (exact) mass is 409 g/mol. The Kier molecular flexibility index (Phi) is 6.46. The molecule has 2 unspecified atom stereocenters. The first-order valence-corrected chi connectivity index (χ1v) is 10.9. The van der Waals surface area contributed by atoms with Gasteiger partial charge in [0, 0.05) is 17.5 Å². The summed E-state index contributed by atoms with van der Waals surface area (Å²) in [7, 11) is 3.30. The summed E-state index contributed by atoms with van der Waals surface area (Å²) >= 11 is 0. The van der Waals surface area contributed by atoms with Gasteiger partial charge in [0.2, 0.25) is 0 Å². The predicted octanol–water partition coefficient (Wildman–Crippen LogP) is 4.95. The van der Waals surface area contributed by atoms with Gasteiger partial charge >= 0.3 is 0 Å². The number of amides is 1. The van der Waals surface area contributed by atoms with Crippen LogP contribution in [-0.4, -0.2) is 32.8 Å². The summed E-state index contributed by atoms with van der Waals surface area (Å²) in [6, 6.07) is 13.7. The summed E-state index contributed by atoms with van der Waals surface area (Å²) in [5.74, 6) is 3.13. The summed E-state index contributed by atoms with van der Waals surface area (Å²) in [6.45, 7) is 0.745. The fraction of sp³-hybridized carbons (Fsp3) is 0.480. The Morgan fingerprint density at radius 3 is 2.53 bits per heavy atom. The first-order valence-electron chi connectivity index (χ1n) is 10.9. The van der Waals surface area contributed by atoms with Crippen LogP contribution in [0.5, 0.6) is 17.2 Å². The van der Waals surface area contributed by atoms with Gasteiger partial charge < -0.3 is 19.5 Å². The Labute approximate surface area is 178 Å². The highest BCUT2D eigenvalue weighted by Crippen LogP contribution is 2.37. The molecule has 2 aromatic carbocycles. The van der Waals surface area contributed by atoms with Crippen LogP contribution < -0.4 is 19.5 Å². The zero-order valence-electron chi connectivity index (χ0n) is 17.9. The van der Waals surface area contributed by atoms with Crippen molar-refractivity contribution in [3.05, 3.63) is 53.6 Å². The second kappa shape index (κ2) is 9.41. The van der Waals surface area contributed by atoms with E-state index in [0.29, 0.717) is 11.5 Å². The third kappa shape index (κ3) is 4.89. The molecule has 0 aromatic heterocycles. The van der Waals surface area contributed by atoms with Crippen LogP contribution in [0.15, 0.2) is 42.5 Å². The summed E-state index contributed by atoms with van der Waals surface area (Å²) in [4.78, 5) is 13.0. The number of carbonyl (C=O) groups excluding carboxylic acids is 1. The lowest BCUT2D eigenvalue weighted by Gasteiger charge is -2.33. The molecule has 30 heavy (non-hydrogen) atoms. The number of methoxy groups -OCH3 is 2. The second-order valence-corrected chi connectivity index (χ2v) is 8.37. The molecule has 0 heterocycles. The van der Waals surface area contributed by atoms with Gasteiger partial charge in [0.25, 0.3) is 5.91 Å². The molecule has 160 valence electrons. The largest absolute Gasteiger partial charge is 0.493 e. The average Bonchev–Trinajstić information content (AvgIpc) is 3.62. The molecule has 4 rings (SSSR count). The maximum Gasteiger partial charge on any atom is 0.251 e. The number of benzene rings is 2. The van der Waals surface area contributed by atoms with Crippen LogP contribution in [-0.2, 0) is 0 Å². The summed E-state index contributed by atoms with van der Waals surface area (Å²) in [5.41, 5.74) is 1.83. The molecule has 2 aliphatic rings. The highest BCUT2D eigenvalue weighted by molar-refractivity contribution is 5.94. The van der Waals surface area contributed by atoms with Crippen LogP contribution in [0.3, 0.4) is 0 Å². The van der Waals surface area contributed by atoms with Gasteiger partial charge in [0.15, 0.2) is 11.5 Å². The first kappa shape index (κ1) is 20.6. The van der Waals surface area contributed by atoms with E-state index in [1.165, 1.54) is 18.4 Å². The number of rotatable bonds is 8. The highest BCUT2D eigenvalue weighted by Gasteiger charge is 2.29. The van der Waals surface area contributed by atoms with Gasteiger partial charge in [-0.25, -0.2) is 0 Å². The van der Waals surface area contributed by atoms with Crippen molar-refractivity contribution in [2.24, 2.45) is 5.92 Å². The molecule has 5 nitrogen and oxygen atoms in total. The molecule has 1 N–H and O–H groups in total. The summed E-state index contributed by atoms with van der Waals surface area (Å²) in [5, 5.41) is 3.29. The van der Waals surface area contributed by atoms with Gasteiger partial charge in [-0.3, -0.25) is 4.79 Å². The molecule has 5 heteroatoms. The predicted molar refractivity (Wildman–Crippen MR) is 117 cm³/mol. The normalized spacial score (nSPS) is 21.0. The number of hydrogen-bond acceptors (Lipinski definition) is 4. The molecule has 2 aliphatic carbocycles. The molecule has 2 aromatic rings. The Hall–Kier alpha value is -2.69. The van der Waals surface area contributed by atoms with E-state index in [0.717, 1.165) is 49.5 Å². The van der Waals surface area contributed by atoms with E-state index in [1.807, 2.05) is 36.4 Å². The van der Waals surface area contributed by atoms with E-state index < -0.39 is 0 Å². The van der Waals surface area contributed by atoms with Gasteiger partial charge in [-0.1, -0.05) is 25.0 Å². The van der Waals surface area contributed by atoms with E-state index in [4.69, 9.17) is 14.2 Å². The lowest BCUT2D eigenvalue weighted by atomic mass is 9.79. The van der Waals surface area contributed by atoms with Crippen LogP contribution in [0.2, 0.25) is 0 Å². The van der Waals surface area contributed by atoms with Crippen molar-refractivity contribution in [2.45, 2.75) is 50.5 Å². The van der Waals surface area contributed by atoms with Crippen molar-refractivity contribution in [3.63, 3.8) is 0 Å². The highest BCUT2D eigenvalue weighted by atomic mass is 16.5. The van der Waals surface area contributed by atoms with Crippen molar-refractivity contribution >= 4 is 5.91 Å². The van der Waals surface area contributed by atoms with E-state index in [2.05, 4.69) is 11.4 Å². The van der Waals surface area contributed by atoms with E-state index >= 15 is 0 Å². The minimum atomic E-state index is -0.0377. The number of nitrogens with one attached hydrogen (secondary N) is 1. The first-order chi connectivity index (χ1) is 14.7. The molecule has 1 amide bonds. The number of hydrogen-bond donors (Lipinski definition) is 1. The minimum Gasteiger partial charge on any atom is -0.493 e. The Bertz CT molecular complexity index is 877. The minimum absolute atomic E-state index is 0.0377. The van der Waals surface area contributed by atoms with Crippen molar-refractivity contribution < 1.29 is 19.0 Å². The standard InChI is InChI=1S/C25H31NO4/c1-28-23-13-12-18(15-24(23)29-2)21-8-3-4-9-22(21)26-25(27)19-6-5-7-20(14-19)30-16-17-10-11-17/h5-7,12-15,17,21-22H,3-4,8-11,16H2,1-2H3,(H,26,27). The van der Waals surface area contributed by atoms with E-state index in [1.54, 1.807) is 14.2 Å². The zero-order chi connectivity index (χ0) is 20.9.